The van der Waals surface area contributed by atoms with Gasteiger partial charge in [-0.15, -0.1) is 0 Å². The summed E-state index contributed by atoms with van der Waals surface area (Å²) in [6.45, 7) is 0. The molecule has 0 radical (unpaired) electrons. The first-order chi connectivity index (χ1) is 27.3. The fraction of sp³-hybridized carbons (Fsp3) is 0. The van der Waals surface area contributed by atoms with Crippen molar-refractivity contribution in [3.8, 4) is 28.3 Å². The van der Waals surface area contributed by atoms with Gasteiger partial charge in [0.25, 0.3) is 0 Å². The van der Waals surface area contributed by atoms with Crippen LogP contribution in [0.3, 0.4) is 0 Å². The lowest BCUT2D eigenvalue weighted by atomic mass is 9.99. The van der Waals surface area contributed by atoms with Gasteiger partial charge in [0.15, 0.2) is 5.58 Å². The van der Waals surface area contributed by atoms with Crippen LogP contribution in [0.4, 0.5) is 17.1 Å². The summed E-state index contributed by atoms with van der Waals surface area (Å²) in [5, 5.41) is 6.92. The van der Waals surface area contributed by atoms with Crippen LogP contribution in [0.1, 0.15) is 0 Å². The van der Waals surface area contributed by atoms with Crippen molar-refractivity contribution >= 4 is 71.5 Å². The Kier molecular flexibility index (Phi) is 7.14. The maximum absolute atomic E-state index is 6.94. The Morgan fingerprint density at radius 2 is 1.05 bits per heavy atom. The Hall–Kier alpha value is -7.43. The number of rotatable bonds is 6. The molecule has 0 unspecified atom stereocenters. The third-order valence-electron chi connectivity index (χ3n) is 10.8. The molecule has 0 bridgehead atoms. The number of nitrogens with zero attached hydrogens (tertiary/aromatic N) is 3. The van der Waals surface area contributed by atoms with Crippen LogP contribution in [-0.2, 0) is 0 Å². The van der Waals surface area contributed by atoms with Crippen LogP contribution >= 0.6 is 0 Å². The number of anilines is 3. The highest BCUT2D eigenvalue weighted by molar-refractivity contribution is 6.23. The third-order valence-corrected chi connectivity index (χ3v) is 10.8. The first-order valence-corrected chi connectivity index (χ1v) is 18.6. The van der Waals surface area contributed by atoms with Crippen molar-refractivity contribution in [1.29, 1.82) is 0 Å². The molecule has 55 heavy (non-hydrogen) atoms. The second-order valence-electron chi connectivity index (χ2n) is 13.9. The summed E-state index contributed by atoms with van der Waals surface area (Å²) < 4.78 is 9.35. The van der Waals surface area contributed by atoms with E-state index in [1.807, 2.05) is 6.07 Å². The van der Waals surface area contributed by atoms with Crippen molar-refractivity contribution < 1.29 is 4.42 Å². The van der Waals surface area contributed by atoms with Crippen LogP contribution in [0.25, 0.3) is 82.7 Å². The maximum atomic E-state index is 6.94. The Balaban J connectivity index is 1.25. The van der Waals surface area contributed by atoms with Gasteiger partial charge in [-0.1, -0.05) is 152 Å². The summed E-state index contributed by atoms with van der Waals surface area (Å²) in [5.74, 6) is 0.599. The van der Waals surface area contributed by atoms with Gasteiger partial charge in [-0.3, -0.25) is 0 Å². The van der Waals surface area contributed by atoms with Gasteiger partial charge in [-0.25, -0.2) is 4.98 Å². The number of hydrogen-bond acceptors (Lipinski definition) is 3. The topological polar surface area (TPSA) is 34.2 Å². The summed E-state index contributed by atoms with van der Waals surface area (Å²) >= 11 is 0. The number of benzene rings is 9. The predicted molar refractivity (Wildman–Crippen MR) is 229 cm³/mol. The van der Waals surface area contributed by atoms with E-state index in [0.717, 1.165) is 66.7 Å². The largest absolute Gasteiger partial charge is 0.434 e. The van der Waals surface area contributed by atoms with E-state index in [2.05, 4.69) is 204 Å². The van der Waals surface area contributed by atoms with Crippen LogP contribution in [-0.4, -0.2) is 9.55 Å². The standard InChI is InChI=1S/C51H33N3O/c1-3-17-35(18-4-1)38-24-11-13-30-45(38)54(47-32-16-29-44-50(47)55-51(52-44)42-28-15-20-34-19-7-8-23-37(34)42)48-33-43-40-26-12-14-31-46(40)53(36-21-5-2-6-22-36)49(43)41-27-10-9-25-39(41)48/h1-33H. The Morgan fingerprint density at radius 3 is 1.91 bits per heavy atom. The van der Waals surface area contributed by atoms with Crippen molar-refractivity contribution in [2.24, 2.45) is 0 Å². The molecule has 11 aromatic rings. The highest BCUT2D eigenvalue weighted by atomic mass is 16.3. The SMILES string of the molecule is c1ccc(-c2ccccc2N(c2cc3c4ccccc4n(-c4ccccc4)c3c3ccccc23)c2cccc3nc(-c4cccc5ccccc45)oc23)cc1. The van der Waals surface area contributed by atoms with Gasteiger partial charge in [-0.05, 0) is 64.9 Å². The minimum absolute atomic E-state index is 0.599. The minimum Gasteiger partial charge on any atom is -0.434 e. The molecule has 0 saturated heterocycles. The van der Waals surface area contributed by atoms with Crippen molar-refractivity contribution in [3.05, 3.63) is 200 Å². The average Bonchev–Trinajstić information content (AvgIpc) is 3.85. The van der Waals surface area contributed by atoms with E-state index < -0.39 is 0 Å². The van der Waals surface area contributed by atoms with Gasteiger partial charge in [-0.2, -0.15) is 0 Å². The first-order valence-electron chi connectivity index (χ1n) is 18.6. The van der Waals surface area contributed by atoms with Crippen molar-refractivity contribution in [3.63, 3.8) is 0 Å². The molecule has 4 nitrogen and oxygen atoms in total. The lowest BCUT2D eigenvalue weighted by molar-refractivity contribution is 0.621. The first kappa shape index (κ1) is 31.1. The Morgan fingerprint density at radius 1 is 0.436 bits per heavy atom. The van der Waals surface area contributed by atoms with Crippen LogP contribution in [0.15, 0.2) is 205 Å². The molecule has 0 fully saturated rings. The normalized spacial score (nSPS) is 11.6. The van der Waals surface area contributed by atoms with Gasteiger partial charge in [0.05, 0.1) is 28.1 Å². The summed E-state index contributed by atoms with van der Waals surface area (Å²) in [5.41, 5.74) is 11.2. The minimum atomic E-state index is 0.599. The highest BCUT2D eigenvalue weighted by Gasteiger charge is 2.26. The van der Waals surface area contributed by atoms with E-state index in [-0.39, 0.29) is 0 Å². The number of aromatic nitrogens is 2. The van der Waals surface area contributed by atoms with E-state index in [4.69, 9.17) is 9.40 Å². The molecule has 0 amide bonds. The second-order valence-corrected chi connectivity index (χ2v) is 13.9. The molecule has 0 aliphatic heterocycles. The summed E-state index contributed by atoms with van der Waals surface area (Å²) in [7, 11) is 0. The lowest BCUT2D eigenvalue weighted by Crippen LogP contribution is -2.12. The monoisotopic (exact) mass is 703 g/mol. The zero-order chi connectivity index (χ0) is 36.3. The summed E-state index contributed by atoms with van der Waals surface area (Å²) in [6.07, 6.45) is 0. The number of oxazole rings is 1. The van der Waals surface area contributed by atoms with Gasteiger partial charge < -0.3 is 13.9 Å². The predicted octanol–water partition coefficient (Wildman–Crippen LogP) is 14.0. The van der Waals surface area contributed by atoms with Gasteiger partial charge >= 0.3 is 0 Å². The van der Waals surface area contributed by atoms with E-state index in [0.29, 0.717) is 5.89 Å². The van der Waals surface area contributed by atoms with Crippen LogP contribution in [0.2, 0.25) is 0 Å². The molecule has 0 aliphatic rings. The smallest absolute Gasteiger partial charge is 0.228 e. The number of fused-ring (bicyclic) bond motifs is 7. The van der Waals surface area contributed by atoms with E-state index in [9.17, 15) is 0 Å². The van der Waals surface area contributed by atoms with Crippen LogP contribution < -0.4 is 4.90 Å². The molecule has 2 aromatic heterocycles. The molecular weight excluding hydrogens is 671 g/mol. The lowest BCUT2D eigenvalue weighted by Gasteiger charge is -2.29. The van der Waals surface area contributed by atoms with Crippen LogP contribution in [0, 0.1) is 0 Å². The number of para-hydroxylation sites is 4. The maximum Gasteiger partial charge on any atom is 0.228 e. The second kappa shape index (κ2) is 12.6. The molecular formula is C51H33N3O. The molecule has 0 atom stereocenters. The summed E-state index contributed by atoms with van der Waals surface area (Å²) in [4.78, 5) is 7.53. The van der Waals surface area contributed by atoms with E-state index in [1.165, 1.54) is 27.2 Å². The number of hydrogen-bond donors (Lipinski definition) is 0. The average molecular weight is 704 g/mol. The molecule has 4 heteroatoms. The van der Waals surface area contributed by atoms with E-state index in [1.54, 1.807) is 0 Å². The molecule has 0 saturated carbocycles. The molecule has 258 valence electrons. The van der Waals surface area contributed by atoms with Crippen molar-refractivity contribution in [1.82, 2.24) is 9.55 Å². The molecule has 0 N–H and O–H groups in total. The van der Waals surface area contributed by atoms with Crippen molar-refractivity contribution in [2.45, 2.75) is 0 Å². The van der Waals surface area contributed by atoms with Crippen LogP contribution in [0.5, 0.6) is 0 Å². The third kappa shape index (κ3) is 4.96. The van der Waals surface area contributed by atoms with Gasteiger partial charge in [0.2, 0.25) is 5.89 Å². The summed E-state index contributed by atoms with van der Waals surface area (Å²) in [6, 6.07) is 70.9. The molecule has 0 spiro atoms. The highest BCUT2D eigenvalue weighted by Crippen LogP contribution is 2.49. The molecule has 0 aliphatic carbocycles. The zero-order valence-corrected chi connectivity index (χ0v) is 29.8. The van der Waals surface area contributed by atoms with Gasteiger partial charge in [0.1, 0.15) is 5.52 Å². The molecule has 11 rings (SSSR count). The quantitative estimate of drug-likeness (QED) is 0.173. The Labute approximate surface area is 317 Å². The Bertz CT molecular complexity index is 3210. The molecule has 2 heterocycles. The van der Waals surface area contributed by atoms with E-state index >= 15 is 0 Å². The fourth-order valence-corrected chi connectivity index (χ4v) is 8.39. The van der Waals surface area contributed by atoms with Crippen molar-refractivity contribution in [2.75, 3.05) is 4.90 Å². The zero-order valence-electron chi connectivity index (χ0n) is 29.8. The fourth-order valence-electron chi connectivity index (χ4n) is 8.39. The van der Waals surface area contributed by atoms with Gasteiger partial charge in [0, 0.05) is 38.4 Å². The molecule has 9 aromatic carbocycles.